The van der Waals surface area contributed by atoms with Crippen LogP contribution in [-0.4, -0.2) is 53.8 Å². The predicted molar refractivity (Wildman–Crippen MR) is 123 cm³/mol. The van der Waals surface area contributed by atoms with Crippen LogP contribution in [-0.2, 0) is 4.79 Å². The molecule has 2 heterocycles. The van der Waals surface area contributed by atoms with Crippen molar-refractivity contribution >= 4 is 5.91 Å². The number of hydrogen-bond acceptors (Lipinski definition) is 5. The minimum absolute atomic E-state index is 0.0232. The van der Waals surface area contributed by atoms with Crippen molar-refractivity contribution in [3.05, 3.63) is 23.8 Å². The Morgan fingerprint density at radius 3 is 2.61 bits per heavy atom. The fraction of sp³-hybridized carbons (Fsp3) is 0.720. The number of benzene rings is 1. The fourth-order valence-electron chi connectivity index (χ4n) is 4.61. The van der Waals surface area contributed by atoms with Crippen LogP contribution in [0.25, 0.3) is 0 Å². The van der Waals surface area contributed by atoms with E-state index in [1.54, 1.807) is 0 Å². The molecule has 31 heavy (non-hydrogen) atoms. The van der Waals surface area contributed by atoms with Gasteiger partial charge in [-0.1, -0.05) is 38.7 Å². The summed E-state index contributed by atoms with van der Waals surface area (Å²) in [6.07, 6.45) is 7.54. The normalized spacial score (nSPS) is 19.7. The first kappa shape index (κ1) is 23.9. The number of likely N-dealkylation sites (tertiary alicyclic amines) is 1. The van der Waals surface area contributed by atoms with Crippen molar-refractivity contribution in [2.75, 3.05) is 26.3 Å². The minimum Gasteiger partial charge on any atom is -0.486 e. The molecule has 1 aromatic carbocycles. The molecule has 0 radical (unpaired) electrons. The molecule has 1 saturated heterocycles. The molecule has 6 nitrogen and oxygen atoms in total. The van der Waals surface area contributed by atoms with Gasteiger partial charge in [0, 0.05) is 18.5 Å². The molecule has 1 aromatic rings. The van der Waals surface area contributed by atoms with Crippen LogP contribution in [0, 0.1) is 0 Å². The van der Waals surface area contributed by atoms with Crippen molar-refractivity contribution in [2.45, 2.75) is 89.8 Å². The Bertz CT molecular complexity index is 721. The lowest BCUT2D eigenvalue weighted by atomic mass is 9.97. The molecule has 0 aromatic heterocycles. The summed E-state index contributed by atoms with van der Waals surface area (Å²) in [7, 11) is 0. The zero-order chi connectivity index (χ0) is 22.3. The number of fused-ring (bicyclic) bond motifs is 1. The Hall–Kier alpha value is -1.79. The highest BCUT2D eigenvalue weighted by Crippen LogP contribution is 2.34. The summed E-state index contributed by atoms with van der Waals surface area (Å²) < 4.78 is 11.3. The molecule has 0 unspecified atom stereocenters. The van der Waals surface area contributed by atoms with E-state index in [1.165, 1.54) is 19.3 Å². The van der Waals surface area contributed by atoms with Gasteiger partial charge in [0.05, 0.1) is 6.04 Å². The predicted octanol–water partition coefficient (Wildman–Crippen LogP) is 4.21. The van der Waals surface area contributed by atoms with Crippen molar-refractivity contribution in [3.63, 3.8) is 0 Å². The first-order valence-corrected chi connectivity index (χ1v) is 12.0. The molecule has 1 amide bonds. The molecular weight excluding hydrogens is 392 g/mol. The minimum atomic E-state index is -0.809. The molecule has 0 bridgehead atoms. The number of nitrogens with zero attached hydrogens (tertiary/aromatic N) is 1. The van der Waals surface area contributed by atoms with Gasteiger partial charge in [-0.25, -0.2) is 0 Å². The highest BCUT2D eigenvalue weighted by atomic mass is 16.6. The van der Waals surface area contributed by atoms with Crippen molar-refractivity contribution in [2.24, 2.45) is 0 Å². The second-order valence-corrected chi connectivity index (χ2v) is 9.55. The Morgan fingerprint density at radius 1 is 1.16 bits per heavy atom. The summed E-state index contributed by atoms with van der Waals surface area (Å²) in [6.45, 7) is 9.33. The number of amides is 1. The number of aliphatic hydroxyl groups excluding tert-OH is 1. The van der Waals surface area contributed by atoms with Crippen molar-refractivity contribution in [3.8, 4) is 11.5 Å². The number of nitrogens with one attached hydrogen (secondary N) is 1. The topological polar surface area (TPSA) is 71.0 Å². The number of aliphatic hydroxyl groups is 1. The van der Waals surface area contributed by atoms with E-state index in [4.69, 9.17) is 9.47 Å². The van der Waals surface area contributed by atoms with Gasteiger partial charge >= 0.3 is 0 Å². The van der Waals surface area contributed by atoms with Crippen LogP contribution in [0.4, 0.5) is 0 Å². The molecular formula is C25H40N2O4. The standard InChI is InChI=1S/C25H40N2O4/c1-4-5-6-7-8-10-23(28)26-20(18-27-14-9-13-25(27,2)3)24(29)19-11-12-21-22(17-19)31-16-15-30-21/h11-12,17,20,24,29H,4-10,13-16,18H2,1-3H3,(H,26,28)/t20-,24-/m1/s1. The highest BCUT2D eigenvalue weighted by molar-refractivity contribution is 5.76. The van der Waals surface area contributed by atoms with Gasteiger partial charge in [-0.15, -0.1) is 0 Å². The summed E-state index contributed by atoms with van der Waals surface area (Å²) >= 11 is 0. The molecule has 2 atom stereocenters. The highest BCUT2D eigenvalue weighted by Gasteiger charge is 2.35. The van der Waals surface area contributed by atoms with Gasteiger partial charge < -0.3 is 19.9 Å². The van der Waals surface area contributed by atoms with Gasteiger partial charge in [0.25, 0.3) is 0 Å². The van der Waals surface area contributed by atoms with Crippen LogP contribution in [0.1, 0.15) is 83.8 Å². The number of rotatable bonds is 11. The van der Waals surface area contributed by atoms with Crippen LogP contribution in [0.15, 0.2) is 18.2 Å². The third-order valence-electron chi connectivity index (χ3n) is 6.63. The van der Waals surface area contributed by atoms with Crippen molar-refractivity contribution in [1.82, 2.24) is 10.2 Å². The van der Waals surface area contributed by atoms with Crippen LogP contribution in [0.2, 0.25) is 0 Å². The maximum absolute atomic E-state index is 12.7. The molecule has 2 aliphatic rings. The summed E-state index contributed by atoms with van der Waals surface area (Å²) in [5.74, 6) is 1.39. The van der Waals surface area contributed by atoms with Crippen molar-refractivity contribution in [1.29, 1.82) is 0 Å². The quantitative estimate of drug-likeness (QED) is 0.513. The van der Waals surface area contributed by atoms with E-state index in [0.29, 0.717) is 37.7 Å². The maximum atomic E-state index is 12.7. The molecule has 0 saturated carbocycles. The Kier molecular flexibility index (Phi) is 8.61. The van der Waals surface area contributed by atoms with Crippen molar-refractivity contribution < 1.29 is 19.4 Å². The lowest BCUT2D eigenvalue weighted by Gasteiger charge is -2.36. The SMILES string of the molecule is CCCCCCCC(=O)N[C@H](CN1CCCC1(C)C)[C@H](O)c1ccc2c(c1)OCCO2. The van der Waals surface area contributed by atoms with Crippen LogP contribution < -0.4 is 14.8 Å². The van der Waals surface area contributed by atoms with E-state index >= 15 is 0 Å². The summed E-state index contributed by atoms with van der Waals surface area (Å²) in [4.78, 5) is 15.1. The summed E-state index contributed by atoms with van der Waals surface area (Å²) in [5.41, 5.74) is 0.824. The zero-order valence-electron chi connectivity index (χ0n) is 19.5. The monoisotopic (exact) mass is 432 g/mol. The second kappa shape index (κ2) is 11.2. The van der Waals surface area contributed by atoms with Gasteiger partial charge in [0.2, 0.25) is 5.91 Å². The molecule has 0 aliphatic carbocycles. The Morgan fingerprint density at radius 2 is 1.90 bits per heavy atom. The lowest BCUT2D eigenvalue weighted by molar-refractivity contribution is -0.123. The van der Waals surface area contributed by atoms with E-state index in [9.17, 15) is 9.90 Å². The molecule has 174 valence electrons. The number of unbranched alkanes of at least 4 members (excludes halogenated alkanes) is 4. The molecule has 1 fully saturated rings. The van der Waals surface area contributed by atoms with Gasteiger partial charge in [0.1, 0.15) is 19.3 Å². The van der Waals surface area contributed by atoms with E-state index in [2.05, 4.69) is 31.0 Å². The van der Waals surface area contributed by atoms with Crippen LogP contribution >= 0.6 is 0 Å². The molecule has 2 aliphatic heterocycles. The van der Waals surface area contributed by atoms with Crippen LogP contribution in [0.3, 0.4) is 0 Å². The first-order chi connectivity index (χ1) is 14.9. The van der Waals surface area contributed by atoms with E-state index in [-0.39, 0.29) is 17.5 Å². The second-order valence-electron chi connectivity index (χ2n) is 9.55. The van der Waals surface area contributed by atoms with Gasteiger partial charge in [-0.3, -0.25) is 9.69 Å². The Labute approximate surface area is 187 Å². The largest absolute Gasteiger partial charge is 0.486 e. The third kappa shape index (κ3) is 6.59. The number of hydrogen-bond donors (Lipinski definition) is 2. The van der Waals surface area contributed by atoms with Crippen LogP contribution in [0.5, 0.6) is 11.5 Å². The molecule has 6 heteroatoms. The summed E-state index contributed by atoms with van der Waals surface area (Å²) in [5, 5.41) is 14.4. The first-order valence-electron chi connectivity index (χ1n) is 12.0. The van der Waals surface area contributed by atoms with Gasteiger partial charge in [-0.2, -0.15) is 0 Å². The lowest BCUT2D eigenvalue weighted by Crippen LogP contribution is -2.51. The molecule has 2 N–H and O–H groups in total. The average molecular weight is 433 g/mol. The average Bonchev–Trinajstić information content (AvgIpc) is 3.10. The van der Waals surface area contributed by atoms with Gasteiger partial charge in [0.15, 0.2) is 11.5 Å². The zero-order valence-corrected chi connectivity index (χ0v) is 19.5. The summed E-state index contributed by atoms with van der Waals surface area (Å²) in [6, 6.07) is 5.19. The maximum Gasteiger partial charge on any atom is 0.220 e. The number of carbonyl (C=O) groups excluding carboxylic acids is 1. The van der Waals surface area contributed by atoms with E-state index in [0.717, 1.165) is 37.8 Å². The van der Waals surface area contributed by atoms with E-state index < -0.39 is 6.10 Å². The third-order valence-corrected chi connectivity index (χ3v) is 6.63. The smallest absolute Gasteiger partial charge is 0.220 e. The number of ether oxygens (including phenoxy) is 2. The molecule has 3 rings (SSSR count). The molecule has 0 spiro atoms. The number of carbonyl (C=O) groups is 1. The Balaban J connectivity index is 1.68. The van der Waals surface area contributed by atoms with Gasteiger partial charge in [-0.05, 0) is 57.4 Å². The fourth-order valence-corrected chi connectivity index (χ4v) is 4.61. The van der Waals surface area contributed by atoms with E-state index in [1.807, 2.05) is 18.2 Å².